The molecule has 1 amide bonds. The van der Waals surface area contributed by atoms with E-state index in [0.29, 0.717) is 6.42 Å². The third kappa shape index (κ3) is 6.71. The zero-order valence-corrected chi connectivity index (χ0v) is 12.8. The van der Waals surface area contributed by atoms with Crippen molar-refractivity contribution in [2.24, 2.45) is 5.73 Å². The molecule has 20 heavy (non-hydrogen) atoms. The molecule has 0 aliphatic carbocycles. The van der Waals surface area contributed by atoms with E-state index in [2.05, 4.69) is 31.3 Å². The number of rotatable bonds is 9. The number of nitrogens with two attached hydrogens (primary N) is 1. The number of nitrogens with one attached hydrogen (secondary N) is 1. The average molecular weight is 276 g/mol. The van der Waals surface area contributed by atoms with Gasteiger partial charge in [0.05, 0.1) is 0 Å². The molecule has 1 unspecified atom stereocenters. The molecule has 0 saturated carbocycles. The standard InChI is InChI=1S/C17H28N2O/c1-3-5-7-15(18)13-14-9-11-16(12-10-14)19-17(20)8-6-4-2/h9-12,15H,3-8,13,18H2,1-2H3,(H,19,20). The SMILES string of the molecule is CCCCC(=O)Nc1ccc(CC(N)CCCC)cc1. The number of benzene rings is 1. The van der Waals surface area contributed by atoms with Crippen LogP contribution >= 0.6 is 0 Å². The minimum Gasteiger partial charge on any atom is -0.327 e. The van der Waals surface area contributed by atoms with Gasteiger partial charge in [0.2, 0.25) is 5.91 Å². The molecule has 0 aliphatic rings. The quantitative estimate of drug-likeness (QED) is 0.719. The lowest BCUT2D eigenvalue weighted by molar-refractivity contribution is -0.116. The minimum atomic E-state index is 0.0965. The van der Waals surface area contributed by atoms with Crippen LogP contribution in [-0.4, -0.2) is 11.9 Å². The fourth-order valence-corrected chi connectivity index (χ4v) is 2.16. The Hall–Kier alpha value is -1.35. The van der Waals surface area contributed by atoms with E-state index in [1.54, 1.807) is 0 Å². The van der Waals surface area contributed by atoms with Crippen molar-refractivity contribution in [1.29, 1.82) is 0 Å². The van der Waals surface area contributed by atoms with E-state index in [9.17, 15) is 4.79 Å². The van der Waals surface area contributed by atoms with Crippen molar-refractivity contribution in [3.8, 4) is 0 Å². The topological polar surface area (TPSA) is 55.1 Å². The number of anilines is 1. The van der Waals surface area contributed by atoms with E-state index in [-0.39, 0.29) is 11.9 Å². The summed E-state index contributed by atoms with van der Waals surface area (Å²) >= 11 is 0. The summed E-state index contributed by atoms with van der Waals surface area (Å²) in [5.41, 5.74) is 8.20. The molecule has 1 atom stereocenters. The van der Waals surface area contributed by atoms with Crippen molar-refractivity contribution in [3.05, 3.63) is 29.8 Å². The van der Waals surface area contributed by atoms with E-state index in [1.807, 2.05) is 12.1 Å². The number of carbonyl (C=O) groups is 1. The van der Waals surface area contributed by atoms with Gasteiger partial charge < -0.3 is 11.1 Å². The molecule has 3 N–H and O–H groups in total. The monoisotopic (exact) mass is 276 g/mol. The smallest absolute Gasteiger partial charge is 0.224 e. The van der Waals surface area contributed by atoms with Crippen LogP contribution in [0.3, 0.4) is 0 Å². The van der Waals surface area contributed by atoms with Crippen molar-refractivity contribution in [2.75, 3.05) is 5.32 Å². The van der Waals surface area contributed by atoms with Gasteiger partial charge in [-0.15, -0.1) is 0 Å². The molecule has 0 spiro atoms. The lowest BCUT2D eigenvalue weighted by Crippen LogP contribution is -2.22. The molecule has 0 radical (unpaired) electrons. The molecule has 1 rings (SSSR count). The second-order valence-electron chi connectivity index (χ2n) is 5.46. The average Bonchev–Trinajstić information content (AvgIpc) is 2.45. The maximum atomic E-state index is 11.6. The number of amides is 1. The van der Waals surface area contributed by atoms with Gasteiger partial charge in [-0.2, -0.15) is 0 Å². The molecule has 112 valence electrons. The lowest BCUT2D eigenvalue weighted by atomic mass is 10.0. The molecule has 1 aromatic carbocycles. The number of hydrogen-bond donors (Lipinski definition) is 2. The Kier molecular flexibility index (Phi) is 7.97. The second-order valence-corrected chi connectivity index (χ2v) is 5.46. The van der Waals surface area contributed by atoms with Gasteiger partial charge >= 0.3 is 0 Å². The zero-order valence-electron chi connectivity index (χ0n) is 12.8. The van der Waals surface area contributed by atoms with Gasteiger partial charge in [0.1, 0.15) is 0 Å². The first-order valence-electron chi connectivity index (χ1n) is 7.80. The van der Waals surface area contributed by atoms with Crippen LogP contribution in [0.2, 0.25) is 0 Å². The van der Waals surface area contributed by atoms with E-state index in [0.717, 1.165) is 31.4 Å². The highest BCUT2D eigenvalue weighted by Crippen LogP contribution is 2.13. The fraction of sp³-hybridized carbons (Fsp3) is 0.588. The summed E-state index contributed by atoms with van der Waals surface area (Å²) in [6.07, 6.45) is 6.94. The van der Waals surface area contributed by atoms with Gasteiger partial charge in [-0.3, -0.25) is 4.79 Å². The Labute approximate surface area is 122 Å². The summed E-state index contributed by atoms with van der Waals surface area (Å²) in [7, 11) is 0. The molecule has 3 heteroatoms. The molecule has 3 nitrogen and oxygen atoms in total. The summed E-state index contributed by atoms with van der Waals surface area (Å²) in [6.45, 7) is 4.27. The Morgan fingerprint density at radius 3 is 2.40 bits per heavy atom. The first-order valence-corrected chi connectivity index (χ1v) is 7.80. The highest BCUT2D eigenvalue weighted by Gasteiger charge is 2.05. The zero-order chi connectivity index (χ0) is 14.8. The van der Waals surface area contributed by atoms with Crippen molar-refractivity contribution < 1.29 is 4.79 Å². The molecule has 0 bridgehead atoms. The Balaban J connectivity index is 2.41. The van der Waals surface area contributed by atoms with Crippen LogP contribution in [0, 0.1) is 0 Å². The van der Waals surface area contributed by atoms with Gasteiger partial charge in [-0.1, -0.05) is 45.2 Å². The van der Waals surface area contributed by atoms with Crippen LogP contribution in [0.1, 0.15) is 57.9 Å². The van der Waals surface area contributed by atoms with Gasteiger partial charge in [0.15, 0.2) is 0 Å². The summed E-state index contributed by atoms with van der Waals surface area (Å²) < 4.78 is 0. The van der Waals surface area contributed by atoms with Crippen molar-refractivity contribution in [1.82, 2.24) is 0 Å². The lowest BCUT2D eigenvalue weighted by Gasteiger charge is -2.11. The molecule has 0 aromatic heterocycles. The molecule has 0 aliphatic heterocycles. The number of unbranched alkanes of at least 4 members (excludes halogenated alkanes) is 2. The third-order valence-electron chi connectivity index (χ3n) is 3.42. The highest BCUT2D eigenvalue weighted by molar-refractivity contribution is 5.90. The van der Waals surface area contributed by atoms with Gasteiger partial charge in [-0.05, 0) is 37.0 Å². The Bertz CT molecular complexity index is 386. The second kappa shape index (κ2) is 9.54. The normalized spacial score (nSPS) is 12.2. The predicted molar refractivity (Wildman–Crippen MR) is 85.8 cm³/mol. The predicted octanol–water partition coefficient (Wildman–Crippen LogP) is 3.88. The van der Waals surface area contributed by atoms with E-state index in [1.165, 1.54) is 18.4 Å². The first-order chi connectivity index (χ1) is 9.65. The van der Waals surface area contributed by atoms with Crippen LogP contribution < -0.4 is 11.1 Å². The van der Waals surface area contributed by atoms with Crippen molar-refractivity contribution in [2.45, 2.75) is 64.8 Å². The van der Waals surface area contributed by atoms with Crippen LogP contribution in [0.15, 0.2) is 24.3 Å². The van der Waals surface area contributed by atoms with Crippen molar-refractivity contribution >= 4 is 11.6 Å². The van der Waals surface area contributed by atoms with Gasteiger partial charge in [0, 0.05) is 18.2 Å². The highest BCUT2D eigenvalue weighted by atomic mass is 16.1. The van der Waals surface area contributed by atoms with Crippen LogP contribution in [0.25, 0.3) is 0 Å². The van der Waals surface area contributed by atoms with Crippen LogP contribution in [0.4, 0.5) is 5.69 Å². The van der Waals surface area contributed by atoms with Gasteiger partial charge in [-0.25, -0.2) is 0 Å². The molecular formula is C17H28N2O. The number of hydrogen-bond acceptors (Lipinski definition) is 2. The maximum Gasteiger partial charge on any atom is 0.224 e. The maximum absolute atomic E-state index is 11.6. The largest absolute Gasteiger partial charge is 0.327 e. The molecule has 0 heterocycles. The van der Waals surface area contributed by atoms with Crippen molar-refractivity contribution in [3.63, 3.8) is 0 Å². The molecule has 0 saturated heterocycles. The molecule has 1 aromatic rings. The van der Waals surface area contributed by atoms with E-state index >= 15 is 0 Å². The summed E-state index contributed by atoms with van der Waals surface area (Å²) in [5.74, 6) is 0.0965. The van der Waals surface area contributed by atoms with E-state index < -0.39 is 0 Å². The van der Waals surface area contributed by atoms with Crippen LogP contribution in [0.5, 0.6) is 0 Å². The third-order valence-corrected chi connectivity index (χ3v) is 3.42. The van der Waals surface area contributed by atoms with Gasteiger partial charge in [0.25, 0.3) is 0 Å². The number of carbonyl (C=O) groups excluding carboxylic acids is 1. The fourth-order valence-electron chi connectivity index (χ4n) is 2.16. The summed E-state index contributed by atoms with van der Waals surface area (Å²) in [4.78, 5) is 11.6. The van der Waals surface area contributed by atoms with E-state index in [4.69, 9.17) is 5.73 Å². The molecule has 0 fully saturated rings. The summed E-state index contributed by atoms with van der Waals surface area (Å²) in [5, 5.41) is 2.92. The van der Waals surface area contributed by atoms with Crippen LogP contribution in [-0.2, 0) is 11.2 Å². The first kappa shape index (κ1) is 16.7. The minimum absolute atomic E-state index is 0.0965. The molecular weight excluding hydrogens is 248 g/mol. The Morgan fingerprint density at radius 1 is 1.15 bits per heavy atom. The Morgan fingerprint density at radius 2 is 1.80 bits per heavy atom. The summed E-state index contributed by atoms with van der Waals surface area (Å²) in [6, 6.07) is 8.28.